The molecule has 12 heavy (non-hydrogen) atoms. The molecular weight excluding hydrogens is 196 g/mol. The molecule has 0 aliphatic heterocycles. The predicted molar refractivity (Wildman–Crippen MR) is 48.4 cm³/mol. The van der Waals surface area contributed by atoms with E-state index in [2.05, 4.69) is 0 Å². The molecule has 0 saturated carbocycles. The Hall–Kier alpha value is -0.540. The summed E-state index contributed by atoms with van der Waals surface area (Å²) in [5, 5.41) is 0. The van der Waals surface area contributed by atoms with Gasteiger partial charge in [0.2, 0.25) is 0 Å². The second kappa shape index (κ2) is 3.46. The first-order valence-corrected chi connectivity index (χ1v) is 5.20. The number of hydrogen-bond donors (Lipinski definition) is 0. The molecule has 0 aliphatic carbocycles. The van der Waals surface area contributed by atoms with Gasteiger partial charge < -0.3 is 11.6 Å². The third kappa shape index (κ3) is 1.79. The molecule has 0 heterocycles. The fraction of sp³-hybridized carbons (Fsp3) is 0.125. The number of benzene rings is 1. The quantitative estimate of drug-likeness (QED) is 0.691. The summed E-state index contributed by atoms with van der Waals surface area (Å²) in [6.45, 7) is 1.36. The zero-order valence-electron chi connectivity index (χ0n) is 6.49. The lowest BCUT2D eigenvalue weighted by molar-refractivity contribution is 0.600. The molecular formula is C8H8ClO2S-. The van der Waals surface area contributed by atoms with E-state index in [9.17, 15) is 8.42 Å². The van der Waals surface area contributed by atoms with Crippen molar-refractivity contribution in [3.8, 4) is 0 Å². The first-order valence-electron chi connectivity index (χ1n) is 3.34. The summed E-state index contributed by atoms with van der Waals surface area (Å²) >= 11 is 5.43. The van der Waals surface area contributed by atoms with Gasteiger partial charge in [-0.1, -0.05) is 18.2 Å². The molecule has 0 N–H and O–H groups in total. The Balaban J connectivity index is 3.17. The molecule has 0 amide bonds. The van der Waals surface area contributed by atoms with E-state index in [1.165, 1.54) is 19.1 Å². The molecule has 1 aromatic rings. The van der Waals surface area contributed by atoms with Gasteiger partial charge in [-0.15, -0.1) is 4.71 Å². The molecule has 0 fully saturated rings. The van der Waals surface area contributed by atoms with Crippen molar-refractivity contribution >= 4 is 21.4 Å². The summed E-state index contributed by atoms with van der Waals surface area (Å²) in [7, 11) is -3.39. The minimum atomic E-state index is -3.39. The second-order valence-electron chi connectivity index (χ2n) is 2.29. The van der Waals surface area contributed by atoms with Crippen LogP contribution in [0.5, 0.6) is 0 Å². The SMILES string of the molecule is C[C-](Cl)S(=O)(=O)c1ccccc1. The second-order valence-corrected chi connectivity index (χ2v) is 5.17. The molecule has 0 aliphatic rings. The van der Waals surface area contributed by atoms with Crippen molar-refractivity contribution in [2.24, 2.45) is 0 Å². The molecule has 0 aromatic heterocycles. The van der Waals surface area contributed by atoms with E-state index >= 15 is 0 Å². The van der Waals surface area contributed by atoms with Gasteiger partial charge in [-0.2, -0.15) is 6.92 Å². The third-order valence-corrected chi connectivity index (χ3v) is 3.67. The first-order chi connectivity index (χ1) is 5.55. The van der Waals surface area contributed by atoms with Crippen LogP contribution in [0.25, 0.3) is 0 Å². The Kier molecular flexibility index (Phi) is 2.75. The molecule has 0 radical (unpaired) electrons. The Morgan fingerprint density at radius 1 is 1.25 bits per heavy atom. The average molecular weight is 204 g/mol. The lowest BCUT2D eigenvalue weighted by Gasteiger charge is -2.16. The standard InChI is InChI=1S/C8H8ClO2S/c1-7(9)12(10,11)8-5-3-2-4-6-8/h2-6H,1H3/q-1. The van der Waals surface area contributed by atoms with Gasteiger partial charge in [0.05, 0.1) is 9.84 Å². The highest BCUT2D eigenvalue weighted by molar-refractivity contribution is 7.95. The van der Waals surface area contributed by atoms with Crippen LogP contribution in [0.15, 0.2) is 35.2 Å². The van der Waals surface area contributed by atoms with Gasteiger partial charge in [-0.05, 0) is 12.1 Å². The maximum absolute atomic E-state index is 11.4. The topological polar surface area (TPSA) is 34.1 Å². The average Bonchev–Trinajstić information content (AvgIpc) is 2.06. The van der Waals surface area contributed by atoms with Crippen molar-refractivity contribution < 1.29 is 8.42 Å². The molecule has 4 heteroatoms. The highest BCUT2D eigenvalue weighted by Gasteiger charge is 2.07. The summed E-state index contributed by atoms with van der Waals surface area (Å²) in [6, 6.07) is 8.10. The molecule has 0 spiro atoms. The van der Waals surface area contributed by atoms with E-state index in [1.54, 1.807) is 18.2 Å². The predicted octanol–water partition coefficient (Wildman–Crippen LogP) is 2.21. The minimum Gasteiger partial charge on any atom is -0.329 e. The lowest BCUT2D eigenvalue weighted by Crippen LogP contribution is -2.04. The summed E-state index contributed by atoms with van der Waals surface area (Å²) in [5.74, 6) is 0. The van der Waals surface area contributed by atoms with E-state index in [4.69, 9.17) is 11.6 Å². The fourth-order valence-corrected chi connectivity index (χ4v) is 1.87. The molecule has 1 aromatic carbocycles. The Morgan fingerprint density at radius 3 is 2.17 bits per heavy atom. The van der Waals surface area contributed by atoms with Gasteiger partial charge in [-0.3, -0.25) is 8.42 Å². The third-order valence-electron chi connectivity index (χ3n) is 1.42. The zero-order valence-corrected chi connectivity index (χ0v) is 8.06. The van der Waals surface area contributed by atoms with Crippen LogP contribution in [-0.2, 0) is 9.84 Å². The van der Waals surface area contributed by atoms with Crippen LogP contribution in [0, 0.1) is 4.71 Å². The molecule has 66 valence electrons. The fourth-order valence-electron chi connectivity index (χ4n) is 0.762. The minimum absolute atomic E-state index is 0.103. The van der Waals surface area contributed by atoms with Crippen molar-refractivity contribution in [2.45, 2.75) is 11.8 Å². The van der Waals surface area contributed by atoms with E-state index in [0.717, 1.165) is 0 Å². The van der Waals surface area contributed by atoms with Gasteiger partial charge in [0.15, 0.2) is 0 Å². The van der Waals surface area contributed by atoms with Crippen LogP contribution in [0.4, 0.5) is 0 Å². The van der Waals surface area contributed by atoms with Gasteiger partial charge in [-0.25, -0.2) is 0 Å². The monoisotopic (exact) mass is 203 g/mol. The van der Waals surface area contributed by atoms with E-state index in [0.29, 0.717) is 0 Å². The van der Waals surface area contributed by atoms with Crippen LogP contribution in [0.2, 0.25) is 0 Å². The molecule has 0 bridgehead atoms. The summed E-state index contributed by atoms with van der Waals surface area (Å²) in [6.07, 6.45) is 0. The maximum atomic E-state index is 11.4. The Bertz CT molecular complexity index is 343. The Morgan fingerprint density at radius 2 is 1.75 bits per heavy atom. The van der Waals surface area contributed by atoms with E-state index in [-0.39, 0.29) is 9.60 Å². The van der Waals surface area contributed by atoms with Crippen LogP contribution in [0.3, 0.4) is 0 Å². The normalized spacial score (nSPS) is 11.9. The number of sulfone groups is 1. The Labute approximate surface area is 77.1 Å². The van der Waals surface area contributed by atoms with Crippen LogP contribution >= 0.6 is 11.6 Å². The molecule has 0 saturated heterocycles. The van der Waals surface area contributed by atoms with Crippen molar-refractivity contribution in [1.82, 2.24) is 0 Å². The van der Waals surface area contributed by atoms with Crippen molar-refractivity contribution in [1.29, 1.82) is 0 Å². The number of hydrogen-bond acceptors (Lipinski definition) is 2. The largest absolute Gasteiger partial charge is 0.329 e. The van der Waals surface area contributed by atoms with Gasteiger partial charge in [0.25, 0.3) is 0 Å². The highest BCUT2D eigenvalue weighted by atomic mass is 35.5. The van der Waals surface area contributed by atoms with Gasteiger partial charge in [0.1, 0.15) is 0 Å². The van der Waals surface area contributed by atoms with E-state index < -0.39 is 9.84 Å². The summed E-state index contributed by atoms with van der Waals surface area (Å²) < 4.78 is 22.6. The number of rotatable bonds is 2. The lowest BCUT2D eigenvalue weighted by atomic mass is 10.4. The number of halogens is 1. The summed E-state index contributed by atoms with van der Waals surface area (Å²) in [4.78, 5) is 0.234. The summed E-state index contributed by atoms with van der Waals surface area (Å²) in [5.41, 5.74) is 0. The first kappa shape index (κ1) is 9.55. The van der Waals surface area contributed by atoms with Crippen LogP contribution in [-0.4, -0.2) is 8.42 Å². The molecule has 0 atom stereocenters. The molecule has 2 nitrogen and oxygen atoms in total. The van der Waals surface area contributed by atoms with E-state index in [1.807, 2.05) is 0 Å². The van der Waals surface area contributed by atoms with Crippen molar-refractivity contribution in [3.05, 3.63) is 35.0 Å². The molecule has 1 rings (SSSR count). The van der Waals surface area contributed by atoms with Crippen molar-refractivity contribution in [3.63, 3.8) is 0 Å². The zero-order chi connectivity index (χ0) is 9.19. The van der Waals surface area contributed by atoms with Gasteiger partial charge in [0, 0.05) is 4.90 Å². The van der Waals surface area contributed by atoms with Crippen LogP contribution in [0.1, 0.15) is 6.92 Å². The van der Waals surface area contributed by atoms with Crippen LogP contribution < -0.4 is 0 Å². The van der Waals surface area contributed by atoms with Gasteiger partial charge >= 0.3 is 0 Å². The smallest absolute Gasteiger partial charge is 0.0675 e. The maximum Gasteiger partial charge on any atom is 0.0675 e. The van der Waals surface area contributed by atoms with Crippen molar-refractivity contribution in [2.75, 3.05) is 0 Å². The molecule has 0 unspecified atom stereocenters. The highest BCUT2D eigenvalue weighted by Crippen LogP contribution is 2.23.